The molecule has 0 amide bonds. The highest BCUT2D eigenvalue weighted by molar-refractivity contribution is 7.86. The highest BCUT2D eigenvalue weighted by Gasteiger charge is 2.28. The Labute approximate surface area is 115 Å². The maximum absolute atomic E-state index is 11.9. The number of halogens is 2. The molecule has 2 aromatic carbocycles. The SMILES string of the molecule is O=P(O)(Cl)N(c1ccccc1)c1ccccc1Cl. The first-order valence-electron chi connectivity index (χ1n) is 5.13. The van der Waals surface area contributed by atoms with Gasteiger partial charge in [0.2, 0.25) is 0 Å². The van der Waals surface area contributed by atoms with E-state index in [-0.39, 0.29) is 0 Å². The minimum Gasteiger partial charge on any atom is -0.317 e. The molecule has 0 aliphatic heterocycles. The van der Waals surface area contributed by atoms with Crippen LogP contribution >= 0.6 is 29.7 Å². The molecule has 0 aromatic heterocycles. The topological polar surface area (TPSA) is 40.5 Å². The van der Waals surface area contributed by atoms with Crippen LogP contribution in [0.1, 0.15) is 0 Å². The molecule has 1 atom stereocenters. The largest absolute Gasteiger partial charge is 0.389 e. The van der Waals surface area contributed by atoms with Crippen LogP contribution in [-0.2, 0) is 4.57 Å². The zero-order chi connectivity index (χ0) is 13.2. The monoisotopic (exact) mass is 301 g/mol. The Morgan fingerprint density at radius 2 is 1.56 bits per heavy atom. The Hall–Kier alpha value is -0.990. The van der Waals surface area contributed by atoms with E-state index in [1.165, 1.54) is 0 Å². The van der Waals surface area contributed by atoms with Crippen molar-refractivity contribution in [2.24, 2.45) is 0 Å². The molecule has 2 rings (SSSR count). The van der Waals surface area contributed by atoms with E-state index in [9.17, 15) is 9.46 Å². The van der Waals surface area contributed by atoms with Crippen LogP contribution in [0.3, 0.4) is 0 Å². The van der Waals surface area contributed by atoms with Gasteiger partial charge in [0, 0.05) is 0 Å². The minimum atomic E-state index is -4.03. The second kappa shape index (κ2) is 5.33. The standard InChI is InChI=1S/C12H10Cl2NO2P/c13-11-8-4-5-9-12(11)15(18(14,16)17)10-6-2-1-3-7-10/h1-9H,(H,16,17). The third-order valence-electron chi connectivity index (χ3n) is 2.33. The van der Waals surface area contributed by atoms with E-state index in [0.29, 0.717) is 16.4 Å². The van der Waals surface area contributed by atoms with Crippen molar-refractivity contribution in [1.29, 1.82) is 0 Å². The van der Waals surface area contributed by atoms with Crippen LogP contribution in [0.25, 0.3) is 0 Å². The predicted octanol–water partition coefficient (Wildman–Crippen LogP) is 4.82. The summed E-state index contributed by atoms with van der Waals surface area (Å²) in [6.45, 7) is -4.03. The number of rotatable bonds is 3. The van der Waals surface area contributed by atoms with E-state index in [2.05, 4.69) is 0 Å². The van der Waals surface area contributed by atoms with E-state index >= 15 is 0 Å². The Balaban J connectivity index is 2.59. The lowest BCUT2D eigenvalue weighted by atomic mass is 10.2. The van der Waals surface area contributed by atoms with Gasteiger partial charge < -0.3 is 4.89 Å². The Kier molecular flexibility index (Phi) is 3.98. The predicted molar refractivity (Wildman–Crippen MR) is 75.7 cm³/mol. The third kappa shape index (κ3) is 2.88. The van der Waals surface area contributed by atoms with Crippen molar-refractivity contribution in [3.63, 3.8) is 0 Å². The summed E-state index contributed by atoms with van der Waals surface area (Å²) in [6.07, 6.45) is 0. The molecule has 6 heteroatoms. The zero-order valence-corrected chi connectivity index (χ0v) is 11.6. The van der Waals surface area contributed by atoms with Crippen molar-refractivity contribution in [2.45, 2.75) is 0 Å². The first-order chi connectivity index (χ1) is 8.50. The third-order valence-corrected chi connectivity index (χ3v) is 4.04. The van der Waals surface area contributed by atoms with Gasteiger partial charge >= 0.3 is 6.87 Å². The summed E-state index contributed by atoms with van der Waals surface area (Å²) in [5, 5.41) is 0.358. The summed E-state index contributed by atoms with van der Waals surface area (Å²) in [7, 11) is 0. The fraction of sp³-hybridized carbons (Fsp3) is 0. The molecule has 0 bridgehead atoms. The van der Waals surface area contributed by atoms with Gasteiger partial charge in [-0.2, -0.15) is 0 Å². The van der Waals surface area contributed by atoms with Crippen molar-refractivity contribution in [1.82, 2.24) is 0 Å². The first kappa shape index (κ1) is 13.4. The Morgan fingerprint density at radius 3 is 2.11 bits per heavy atom. The van der Waals surface area contributed by atoms with Crippen LogP contribution in [-0.4, -0.2) is 4.89 Å². The number of benzene rings is 2. The molecule has 0 fully saturated rings. The van der Waals surface area contributed by atoms with Crippen LogP contribution in [0.5, 0.6) is 0 Å². The fourth-order valence-corrected chi connectivity index (χ4v) is 3.25. The molecule has 1 N–H and O–H groups in total. The maximum atomic E-state index is 11.9. The molecule has 18 heavy (non-hydrogen) atoms. The molecular formula is C12H10Cl2NO2P. The smallest absolute Gasteiger partial charge is 0.317 e. The van der Waals surface area contributed by atoms with Gasteiger partial charge in [0.05, 0.1) is 16.4 Å². The van der Waals surface area contributed by atoms with Crippen molar-refractivity contribution in [2.75, 3.05) is 4.67 Å². The quantitative estimate of drug-likeness (QED) is 0.827. The van der Waals surface area contributed by atoms with Crippen molar-refractivity contribution < 1.29 is 9.46 Å². The summed E-state index contributed by atoms with van der Waals surface area (Å²) >= 11 is 11.7. The lowest BCUT2D eigenvalue weighted by molar-refractivity contribution is 0.496. The fourth-order valence-electron chi connectivity index (χ4n) is 1.61. The molecule has 0 aliphatic carbocycles. The van der Waals surface area contributed by atoms with Crippen molar-refractivity contribution in [3.8, 4) is 0 Å². The van der Waals surface area contributed by atoms with E-state index in [4.69, 9.17) is 22.8 Å². The molecule has 0 saturated heterocycles. The van der Waals surface area contributed by atoms with Gasteiger partial charge in [0.1, 0.15) is 0 Å². The average molecular weight is 302 g/mol. The lowest BCUT2D eigenvalue weighted by Crippen LogP contribution is -2.10. The number of nitrogens with zero attached hydrogens (tertiary/aromatic N) is 1. The van der Waals surface area contributed by atoms with E-state index < -0.39 is 6.87 Å². The van der Waals surface area contributed by atoms with Gasteiger partial charge in [-0.05, 0) is 35.5 Å². The van der Waals surface area contributed by atoms with Crippen molar-refractivity contribution >= 4 is 41.1 Å². The number of para-hydroxylation sites is 2. The normalized spacial score (nSPS) is 13.9. The Morgan fingerprint density at radius 1 is 1.00 bits per heavy atom. The molecule has 0 radical (unpaired) electrons. The lowest BCUT2D eigenvalue weighted by Gasteiger charge is -2.26. The van der Waals surface area contributed by atoms with Gasteiger partial charge in [-0.15, -0.1) is 0 Å². The van der Waals surface area contributed by atoms with Gasteiger partial charge in [0.15, 0.2) is 0 Å². The Bertz CT molecular complexity index is 586. The highest BCUT2D eigenvalue weighted by Crippen LogP contribution is 2.58. The van der Waals surface area contributed by atoms with E-state index in [1.807, 2.05) is 6.07 Å². The molecule has 94 valence electrons. The summed E-state index contributed by atoms with van der Waals surface area (Å²) in [5.41, 5.74) is 0.901. The molecule has 0 aliphatic rings. The average Bonchev–Trinajstić information content (AvgIpc) is 2.32. The molecular weight excluding hydrogens is 292 g/mol. The molecule has 1 unspecified atom stereocenters. The van der Waals surface area contributed by atoms with Crippen LogP contribution in [0.4, 0.5) is 11.4 Å². The number of hydrogen-bond donors (Lipinski definition) is 1. The second-order valence-electron chi connectivity index (χ2n) is 3.57. The van der Waals surface area contributed by atoms with Gasteiger partial charge in [0.25, 0.3) is 0 Å². The summed E-state index contributed by atoms with van der Waals surface area (Å²) < 4.78 is 13.0. The maximum Gasteiger partial charge on any atom is 0.389 e. The second-order valence-corrected chi connectivity index (χ2v) is 6.65. The molecule has 3 nitrogen and oxygen atoms in total. The van der Waals surface area contributed by atoms with E-state index in [1.54, 1.807) is 48.5 Å². The van der Waals surface area contributed by atoms with Gasteiger partial charge in [-0.25, -0.2) is 4.57 Å². The summed E-state index contributed by atoms with van der Waals surface area (Å²) in [5.74, 6) is 0. The highest BCUT2D eigenvalue weighted by atomic mass is 35.7. The van der Waals surface area contributed by atoms with E-state index in [0.717, 1.165) is 4.67 Å². The zero-order valence-electron chi connectivity index (χ0n) is 9.20. The summed E-state index contributed by atoms with van der Waals surface area (Å²) in [4.78, 5) is 9.70. The molecule has 0 saturated carbocycles. The van der Waals surface area contributed by atoms with Crippen LogP contribution in [0.15, 0.2) is 54.6 Å². The molecule has 0 spiro atoms. The van der Waals surface area contributed by atoms with Gasteiger partial charge in [-0.3, -0.25) is 4.67 Å². The number of hydrogen-bond acceptors (Lipinski definition) is 1. The first-order valence-corrected chi connectivity index (χ1v) is 8.02. The molecule has 2 aromatic rings. The van der Waals surface area contributed by atoms with Crippen molar-refractivity contribution in [3.05, 3.63) is 59.6 Å². The van der Waals surface area contributed by atoms with Crippen LogP contribution in [0.2, 0.25) is 5.02 Å². The van der Waals surface area contributed by atoms with Crippen LogP contribution in [0, 0.1) is 0 Å². The van der Waals surface area contributed by atoms with Crippen LogP contribution < -0.4 is 4.67 Å². The molecule has 0 heterocycles. The van der Waals surface area contributed by atoms with Gasteiger partial charge in [-0.1, -0.05) is 41.9 Å². The minimum absolute atomic E-state index is 0.358. The summed E-state index contributed by atoms with van der Waals surface area (Å²) in [6, 6.07) is 15.4. The number of anilines is 2.